The molecule has 0 aliphatic rings. The van der Waals surface area contributed by atoms with Gasteiger partial charge in [0.2, 0.25) is 5.95 Å². The lowest BCUT2D eigenvalue weighted by Gasteiger charge is -2.11. The molecule has 0 bridgehead atoms. The van der Waals surface area contributed by atoms with Gasteiger partial charge in [-0.3, -0.25) is 0 Å². The van der Waals surface area contributed by atoms with Crippen LogP contribution in [0.25, 0.3) is 11.3 Å². The quantitative estimate of drug-likeness (QED) is 0.712. The number of hydrogen-bond donors (Lipinski definition) is 3. The van der Waals surface area contributed by atoms with E-state index in [9.17, 15) is 4.39 Å². The lowest BCUT2D eigenvalue weighted by atomic mass is 10.1. The highest BCUT2D eigenvalue weighted by atomic mass is 19.1. The monoisotopic (exact) mass is 261 g/mol. The fraction of sp³-hybridized carbons (Fsp3) is 0.231. The van der Waals surface area contributed by atoms with Crippen molar-refractivity contribution in [2.24, 2.45) is 5.73 Å². The first kappa shape index (κ1) is 13.2. The van der Waals surface area contributed by atoms with Gasteiger partial charge in [-0.1, -0.05) is 12.1 Å². The molecule has 19 heavy (non-hydrogen) atoms. The van der Waals surface area contributed by atoms with E-state index in [1.165, 1.54) is 6.07 Å². The van der Waals surface area contributed by atoms with Crippen molar-refractivity contribution >= 4 is 11.6 Å². The topological polar surface area (TPSA) is 89.8 Å². The van der Waals surface area contributed by atoms with E-state index in [0.717, 1.165) is 6.42 Å². The van der Waals surface area contributed by atoms with Crippen LogP contribution < -0.4 is 16.8 Å². The maximum absolute atomic E-state index is 13.8. The van der Waals surface area contributed by atoms with Gasteiger partial charge in [0.25, 0.3) is 0 Å². The van der Waals surface area contributed by atoms with Gasteiger partial charge in [-0.2, -0.15) is 0 Å². The van der Waals surface area contributed by atoms with Crippen LogP contribution in [0.1, 0.15) is 6.42 Å². The average Bonchev–Trinajstić information content (AvgIpc) is 2.41. The highest BCUT2D eigenvalue weighted by molar-refractivity contribution is 5.74. The molecule has 0 spiro atoms. The number of benzene rings is 1. The molecule has 0 aliphatic carbocycles. The van der Waals surface area contributed by atoms with E-state index in [1.807, 2.05) is 0 Å². The second-order valence-corrected chi connectivity index (χ2v) is 4.04. The van der Waals surface area contributed by atoms with Gasteiger partial charge in [0.15, 0.2) is 0 Å². The molecule has 0 saturated heterocycles. The molecule has 2 aromatic rings. The summed E-state index contributed by atoms with van der Waals surface area (Å²) in [6.07, 6.45) is 2.36. The van der Waals surface area contributed by atoms with Crippen LogP contribution in [-0.4, -0.2) is 23.1 Å². The van der Waals surface area contributed by atoms with E-state index in [4.69, 9.17) is 11.5 Å². The highest BCUT2D eigenvalue weighted by Crippen LogP contribution is 2.27. The Balaban J connectivity index is 2.37. The Morgan fingerprint density at radius 1 is 1.26 bits per heavy atom. The van der Waals surface area contributed by atoms with Crippen LogP contribution in [0, 0.1) is 5.82 Å². The summed E-state index contributed by atoms with van der Waals surface area (Å²) in [6, 6.07) is 6.42. The number of nitrogen functional groups attached to an aromatic ring is 1. The normalized spacial score (nSPS) is 10.4. The zero-order chi connectivity index (χ0) is 13.7. The Morgan fingerprint density at radius 2 is 2.05 bits per heavy atom. The number of rotatable bonds is 5. The number of nitrogens with zero attached hydrogens (tertiary/aromatic N) is 2. The molecule has 2 rings (SSSR count). The molecule has 1 heterocycles. The predicted octanol–water partition coefficient (Wildman–Crippen LogP) is 1.63. The van der Waals surface area contributed by atoms with Crippen LogP contribution in [0.2, 0.25) is 0 Å². The minimum Gasteiger partial charge on any atom is -0.382 e. The van der Waals surface area contributed by atoms with Crippen LogP contribution in [0.15, 0.2) is 30.5 Å². The van der Waals surface area contributed by atoms with Gasteiger partial charge in [-0.15, -0.1) is 0 Å². The largest absolute Gasteiger partial charge is 0.382 e. The lowest BCUT2D eigenvalue weighted by Crippen LogP contribution is -2.10. The first-order chi connectivity index (χ1) is 9.22. The molecule has 0 radical (unpaired) electrons. The van der Waals surface area contributed by atoms with Gasteiger partial charge in [0.1, 0.15) is 11.5 Å². The molecule has 1 aromatic heterocycles. The van der Waals surface area contributed by atoms with Crippen molar-refractivity contribution in [3.05, 3.63) is 36.3 Å². The molecule has 1 aromatic carbocycles. The third kappa shape index (κ3) is 3.17. The second kappa shape index (κ2) is 6.10. The molecular weight excluding hydrogens is 245 g/mol. The fourth-order valence-electron chi connectivity index (χ4n) is 1.71. The van der Waals surface area contributed by atoms with E-state index in [0.29, 0.717) is 30.0 Å². The maximum Gasteiger partial charge on any atom is 0.220 e. The standard InChI is InChI=1S/C13H16FN5/c14-10-5-2-1-4-9(10)12-11(17-7-3-6-15)8-18-13(16)19-12/h1-2,4-5,8,17H,3,6-7,15H2,(H2,16,18,19). The van der Waals surface area contributed by atoms with Crippen molar-refractivity contribution in [1.82, 2.24) is 9.97 Å². The molecule has 0 unspecified atom stereocenters. The van der Waals surface area contributed by atoms with E-state index in [-0.39, 0.29) is 11.8 Å². The Labute approximate surface area is 110 Å². The van der Waals surface area contributed by atoms with E-state index < -0.39 is 0 Å². The Kier molecular flexibility index (Phi) is 4.25. The van der Waals surface area contributed by atoms with Crippen LogP contribution in [-0.2, 0) is 0 Å². The van der Waals surface area contributed by atoms with Crippen LogP contribution in [0.5, 0.6) is 0 Å². The zero-order valence-electron chi connectivity index (χ0n) is 10.4. The fourth-order valence-corrected chi connectivity index (χ4v) is 1.71. The zero-order valence-corrected chi connectivity index (χ0v) is 10.4. The minimum atomic E-state index is -0.345. The van der Waals surface area contributed by atoms with Crippen LogP contribution >= 0.6 is 0 Å². The summed E-state index contributed by atoms with van der Waals surface area (Å²) >= 11 is 0. The van der Waals surface area contributed by atoms with Gasteiger partial charge in [-0.25, -0.2) is 14.4 Å². The van der Waals surface area contributed by atoms with Crippen LogP contribution in [0.4, 0.5) is 16.0 Å². The first-order valence-corrected chi connectivity index (χ1v) is 6.03. The molecular formula is C13H16FN5. The van der Waals surface area contributed by atoms with E-state index >= 15 is 0 Å². The SMILES string of the molecule is NCCCNc1cnc(N)nc1-c1ccccc1F. The Hall–Kier alpha value is -2.21. The maximum atomic E-state index is 13.8. The molecule has 0 amide bonds. The molecule has 0 aliphatic heterocycles. The number of halogens is 1. The summed E-state index contributed by atoms with van der Waals surface area (Å²) in [5.41, 5.74) is 12.5. The summed E-state index contributed by atoms with van der Waals surface area (Å²) in [5, 5.41) is 3.14. The van der Waals surface area contributed by atoms with Crippen molar-refractivity contribution < 1.29 is 4.39 Å². The Morgan fingerprint density at radius 3 is 2.79 bits per heavy atom. The molecule has 0 atom stereocenters. The molecule has 100 valence electrons. The van der Waals surface area contributed by atoms with E-state index in [2.05, 4.69) is 15.3 Å². The smallest absolute Gasteiger partial charge is 0.220 e. The lowest BCUT2D eigenvalue weighted by molar-refractivity contribution is 0.631. The summed E-state index contributed by atoms with van der Waals surface area (Å²) in [5.74, 6) is -0.231. The Bertz CT molecular complexity index is 558. The molecule has 0 fully saturated rings. The van der Waals surface area contributed by atoms with Crippen LogP contribution in [0.3, 0.4) is 0 Å². The minimum absolute atomic E-state index is 0.114. The van der Waals surface area contributed by atoms with Gasteiger partial charge in [0.05, 0.1) is 11.9 Å². The molecule has 6 heteroatoms. The second-order valence-electron chi connectivity index (χ2n) is 4.04. The number of nitrogens with one attached hydrogen (secondary N) is 1. The van der Waals surface area contributed by atoms with Gasteiger partial charge < -0.3 is 16.8 Å². The van der Waals surface area contributed by atoms with Gasteiger partial charge >= 0.3 is 0 Å². The summed E-state index contributed by atoms with van der Waals surface area (Å²) in [6.45, 7) is 1.25. The van der Waals surface area contributed by atoms with Gasteiger partial charge in [0, 0.05) is 12.1 Å². The number of nitrogens with two attached hydrogens (primary N) is 2. The molecule has 5 N–H and O–H groups in total. The van der Waals surface area contributed by atoms with Crippen molar-refractivity contribution in [2.75, 3.05) is 24.1 Å². The first-order valence-electron chi connectivity index (χ1n) is 6.03. The van der Waals surface area contributed by atoms with Crippen molar-refractivity contribution in [1.29, 1.82) is 0 Å². The summed E-state index contributed by atoms with van der Waals surface area (Å²) < 4.78 is 13.8. The third-order valence-electron chi connectivity index (χ3n) is 2.63. The third-order valence-corrected chi connectivity index (χ3v) is 2.63. The summed E-state index contributed by atoms with van der Waals surface area (Å²) in [7, 11) is 0. The summed E-state index contributed by atoms with van der Waals surface area (Å²) in [4.78, 5) is 8.04. The average molecular weight is 261 g/mol. The molecule has 5 nitrogen and oxygen atoms in total. The van der Waals surface area contributed by atoms with E-state index in [1.54, 1.807) is 24.4 Å². The highest BCUT2D eigenvalue weighted by Gasteiger charge is 2.12. The van der Waals surface area contributed by atoms with Crippen molar-refractivity contribution in [3.63, 3.8) is 0 Å². The number of hydrogen-bond acceptors (Lipinski definition) is 5. The molecule has 0 saturated carbocycles. The van der Waals surface area contributed by atoms with Gasteiger partial charge in [-0.05, 0) is 25.1 Å². The van der Waals surface area contributed by atoms with Crippen molar-refractivity contribution in [3.8, 4) is 11.3 Å². The number of aromatic nitrogens is 2. The number of anilines is 2. The predicted molar refractivity (Wildman–Crippen MR) is 74.0 cm³/mol. The van der Waals surface area contributed by atoms with Crippen molar-refractivity contribution in [2.45, 2.75) is 6.42 Å².